The molecule has 3 aromatic carbocycles. The minimum Gasteiger partial charge on any atom is -0.353 e. The van der Waals surface area contributed by atoms with E-state index >= 15 is 0 Å². The average Bonchev–Trinajstić information content (AvgIpc) is 1.10. The van der Waals surface area contributed by atoms with Gasteiger partial charge in [-0.25, -0.2) is 25.1 Å². The average molecular weight is 1370 g/mol. The third-order valence-electron chi connectivity index (χ3n) is 12.9. The fourth-order valence-electron chi connectivity index (χ4n) is 8.79. The summed E-state index contributed by atoms with van der Waals surface area (Å²) in [6.07, 6.45) is 2.41. The van der Waals surface area contributed by atoms with Crippen LogP contribution in [0.4, 0.5) is 67.0 Å². The molecular weight excluding hydrogens is 1310 g/mol. The van der Waals surface area contributed by atoms with E-state index in [9.17, 15) is 57.9 Å². The minimum atomic E-state index is -4.60. The van der Waals surface area contributed by atoms with Crippen molar-refractivity contribution in [3.8, 4) is 12.1 Å². The van der Waals surface area contributed by atoms with Crippen molar-refractivity contribution < 1.29 is 66.5 Å². The molecular formula is C52H56N16O15S7. The van der Waals surface area contributed by atoms with E-state index in [4.69, 9.17) is 16.4 Å². The zero-order valence-electron chi connectivity index (χ0n) is 49.1. The predicted octanol–water partition coefficient (Wildman–Crippen LogP) is 12.7. The minimum absolute atomic E-state index is 0.0244. The molecule has 0 radical (unpaired) electrons. The van der Waals surface area contributed by atoms with Crippen LogP contribution in [0.5, 0.6) is 0 Å². The summed E-state index contributed by atoms with van der Waals surface area (Å²) >= 11 is 2.68. The number of anilines is 7. The van der Waals surface area contributed by atoms with E-state index in [-0.39, 0.29) is 83.7 Å². The summed E-state index contributed by atoms with van der Waals surface area (Å²) in [5.41, 5.74) is 6.01. The number of thiazole rings is 1. The molecule has 9 N–H and O–H groups in total. The van der Waals surface area contributed by atoms with Crippen molar-refractivity contribution >= 4 is 142 Å². The fourth-order valence-corrected chi connectivity index (χ4v) is 13.5. The van der Waals surface area contributed by atoms with Gasteiger partial charge in [-0.3, -0.25) is 18.2 Å². The van der Waals surface area contributed by atoms with Crippen molar-refractivity contribution in [1.29, 1.82) is 10.5 Å². The zero-order chi connectivity index (χ0) is 66.8. The van der Waals surface area contributed by atoms with Crippen LogP contribution in [0, 0.1) is 77.7 Å². The lowest BCUT2D eigenvalue weighted by molar-refractivity contribution is -0.432. The molecule has 476 valence electrons. The van der Waals surface area contributed by atoms with E-state index in [0.717, 1.165) is 34.9 Å². The summed E-state index contributed by atoms with van der Waals surface area (Å²) in [6.45, 7) is 23.9. The third kappa shape index (κ3) is 17.4. The van der Waals surface area contributed by atoms with Gasteiger partial charge >= 0.3 is 0 Å². The molecule has 90 heavy (non-hydrogen) atoms. The Morgan fingerprint density at radius 2 is 1.29 bits per heavy atom. The van der Waals surface area contributed by atoms with Gasteiger partial charge in [-0.15, -0.1) is 36.1 Å². The summed E-state index contributed by atoms with van der Waals surface area (Å²) in [5.74, 6) is -0.436. The van der Waals surface area contributed by atoms with Gasteiger partial charge in [-0.05, 0) is 142 Å². The molecule has 7 aromatic rings. The number of azo groups is 2. The number of aryl methyl sites for hydroxylation is 7. The molecule has 0 spiro atoms. The number of hydrogen-bond acceptors (Lipinski definition) is 29. The molecule has 0 fully saturated rings. The number of aromatic nitrogens is 5. The molecule has 4 aromatic heterocycles. The van der Waals surface area contributed by atoms with Crippen LogP contribution in [0.3, 0.4) is 0 Å². The lowest BCUT2D eigenvalue weighted by Crippen LogP contribution is -2.16. The first-order valence-corrected chi connectivity index (χ1v) is 34.4. The van der Waals surface area contributed by atoms with E-state index in [1.54, 1.807) is 61.5 Å². The Labute approximate surface area is 529 Å². The maximum absolute atomic E-state index is 12.3. The Balaban J connectivity index is 0.000000287. The summed E-state index contributed by atoms with van der Waals surface area (Å²) < 4.78 is 141. The van der Waals surface area contributed by atoms with Crippen molar-refractivity contribution in [3.05, 3.63) is 115 Å². The highest BCUT2D eigenvalue weighted by molar-refractivity contribution is 7.94. The number of hydrogen-bond donors (Lipinski definition) is 9. The van der Waals surface area contributed by atoms with Gasteiger partial charge in [0, 0.05) is 41.2 Å². The van der Waals surface area contributed by atoms with Crippen LogP contribution in [0.2, 0.25) is 0 Å². The monoisotopic (exact) mass is 1370 g/mol. The second-order valence-electron chi connectivity index (χ2n) is 19.2. The second-order valence-corrected chi connectivity index (χ2v) is 27.6. The van der Waals surface area contributed by atoms with Crippen molar-refractivity contribution in [2.45, 2.75) is 108 Å². The van der Waals surface area contributed by atoms with Gasteiger partial charge in [0.2, 0.25) is 11.1 Å². The number of nitrogens with one attached hydrogen (secondary N) is 4. The van der Waals surface area contributed by atoms with Crippen LogP contribution in [-0.4, -0.2) is 93.7 Å². The first-order valence-electron chi connectivity index (χ1n) is 26.1. The molecule has 0 aliphatic heterocycles. The van der Waals surface area contributed by atoms with Crippen LogP contribution >= 0.6 is 34.9 Å². The molecule has 0 amide bonds. The summed E-state index contributed by atoms with van der Waals surface area (Å²) in [5, 5.41) is 61.4. The van der Waals surface area contributed by atoms with E-state index in [1.165, 1.54) is 30.5 Å². The first kappa shape index (κ1) is 71.0. The lowest BCUT2D eigenvalue weighted by atomic mass is 9.99. The molecule has 0 aliphatic carbocycles. The second kappa shape index (κ2) is 29.7. The smallest absolute Gasteiger partial charge is 0.295 e. The maximum Gasteiger partial charge on any atom is 0.295 e. The normalized spacial score (nSPS) is 12.3. The third-order valence-corrected chi connectivity index (χ3v) is 19.0. The Morgan fingerprint density at radius 1 is 0.711 bits per heavy atom. The Kier molecular flexibility index (Phi) is 23.4. The highest BCUT2D eigenvalue weighted by Gasteiger charge is 2.27. The van der Waals surface area contributed by atoms with Crippen LogP contribution in [-0.2, 0) is 62.7 Å². The summed E-state index contributed by atoms with van der Waals surface area (Å²) in [4.78, 5) is 20.0. The van der Waals surface area contributed by atoms with Gasteiger partial charge in [0.1, 0.15) is 34.0 Å². The number of nitrogens with zero attached hydrogens (tertiary/aromatic N) is 12. The van der Waals surface area contributed by atoms with Gasteiger partial charge < -0.3 is 21.3 Å². The van der Waals surface area contributed by atoms with Gasteiger partial charge in [-0.2, -0.15) is 53.6 Å². The summed E-state index contributed by atoms with van der Waals surface area (Å²) in [7, 11) is -17.8. The molecule has 31 nitrogen and oxygen atoms in total. The lowest BCUT2D eigenvalue weighted by Gasteiger charge is -2.20. The van der Waals surface area contributed by atoms with Crippen LogP contribution in [0.25, 0.3) is 4.85 Å². The van der Waals surface area contributed by atoms with Gasteiger partial charge in [-0.1, -0.05) is 31.9 Å². The van der Waals surface area contributed by atoms with Crippen molar-refractivity contribution in [2.24, 2.45) is 20.5 Å². The van der Waals surface area contributed by atoms with Crippen molar-refractivity contribution in [2.75, 3.05) is 33.6 Å². The number of benzene rings is 3. The Bertz CT molecular complexity index is 4550. The van der Waals surface area contributed by atoms with Gasteiger partial charge in [0.15, 0.2) is 22.5 Å². The molecule has 0 bridgehead atoms. The molecule has 7 rings (SSSR count). The SMILES string of the molecule is CCc1cc(C)c(S(=O)(=O)O)c(CC)c1Nc1nc(NCCS(=O)(=O)O)ncc1N=Nc1snc(C(CC)SOOO)c1C#N.[C-]#[N+]c1sc(N=Nc2c(Nc3c(C)cc(S(=O)(=O)O)cc3C)nc(Nc3c(C)cc(S(=O)(=O)O)cc3C)c(C#N)c2C)nc1C. The number of pyridine rings is 1. The zero-order valence-corrected chi connectivity index (χ0v) is 54.8. The van der Waals surface area contributed by atoms with Crippen LogP contribution in [0.15, 0.2) is 71.7 Å². The first-order chi connectivity index (χ1) is 42.2. The standard InChI is InChI=1S/C28H26N8O6S3.C24H30N8O9S4/c1-13-8-19(44(37,38)39)9-14(2)22(13)32-25-21(12-29)17(5)24(35-36-28-31-18(6)27(30-7)43-28)26(34-25)33-23-15(3)10-20(11-16(23)4)45(40,41)42;1-5-14-10-13(4)21(45(37,38)39)15(6-2)19(14)28-22-17(12-27-24(29-22)26-8-9-44(34,35)36)30-31-23-16(11-25)20(32-42-23)18(7-3)43-41-40-33/h8-11H,1-6H3,(H2,32,33,34)(H,37,38,39)(H,40,41,42);10,12,18,33H,5-9H2,1-4H3,(H,34,35,36)(H,37,38,39)(H2,26,27,28,29). The summed E-state index contributed by atoms with van der Waals surface area (Å²) in [6, 6.07) is 10.9. The molecule has 4 heterocycles. The van der Waals surface area contributed by atoms with Crippen LogP contribution < -0.4 is 21.3 Å². The van der Waals surface area contributed by atoms with Crippen molar-refractivity contribution in [1.82, 2.24) is 24.3 Å². The quantitative estimate of drug-likeness (QED) is 0.00677. The van der Waals surface area contributed by atoms with E-state index in [0.29, 0.717) is 90.8 Å². The molecule has 0 aliphatic rings. The highest BCUT2D eigenvalue weighted by Crippen LogP contribution is 2.44. The Hall–Kier alpha value is -8.11. The molecule has 0 saturated heterocycles. The van der Waals surface area contributed by atoms with Crippen molar-refractivity contribution in [3.63, 3.8) is 0 Å². The van der Waals surface area contributed by atoms with Crippen LogP contribution in [0.1, 0.15) is 99.5 Å². The van der Waals surface area contributed by atoms with E-state index < -0.39 is 51.5 Å². The largest absolute Gasteiger partial charge is 0.353 e. The van der Waals surface area contributed by atoms with Gasteiger partial charge in [0.05, 0.1) is 50.5 Å². The van der Waals surface area contributed by atoms with Gasteiger partial charge in [0.25, 0.3) is 45.5 Å². The van der Waals surface area contributed by atoms with E-state index in [2.05, 4.69) is 86.3 Å². The van der Waals surface area contributed by atoms with E-state index in [1.807, 2.05) is 19.9 Å². The molecule has 0 saturated carbocycles. The maximum atomic E-state index is 12.3. The number of nitriles is 2. The molecule has 38 heteroatoms. The molecule has 1 unspecified atom stereocenters. The highest BCUT2D eigenvalue weighted by atomic mass is 32.2. The Morgan fingerprint density at radius 3 is 1.78 bits per heavy atom. The topological polar surface area (TPSA) is 470 Å². The number of rotatable bonds is 24. The predicted molar refractivity (Wildman–Crippen MR) is 335 cm³/mol. The fraction of sp³-hybridized carbons (Fsp3) is 0.308. The molecule has 1 atom stereocenters.